The lowest BCUT2D eigenvalue weighted by Crippen LogP contribution is -2.03. The van der Waals surface area contributed by atoms with Gasteiger partial charge in [-0.25, -0.2) is 9.78 Å². The van der Waals surface area contributed by atoms with Crippen LogP contribution in [0.5, 0.6) is 0 Å². The second-order valence-corrected chi connectivity index (χ2v) is 5.10. The second kappa shape index (κ2) is 4.86. The number of nitrogens with zero attached hydrogens (tertiary/aromatic N) is 1. The second-order valence-electron chi connectivity index (χ2n) is 5.10. The van der Waals surface area contributed by atoms with Crippen LogP contribution in [0.15, 0.2) is 24.4 Å². The molecule has 3 aromatic rings. The molecule has 0 saturated carbocycles. The van der Waals surface area contributed by atoms with Crippen molar-refractivity contribution in [3.63, 3.8) is 0 Å². The smallest absolute Gasteiger partial charge is 0.354 e. The highest BCUT2D eigenvalue weighted by atomic mass is 16.5. The van der Waals surface area contributed by atoms with E-state index >= 15 is 0 Å². The number of pyridine rings is 1. The number of H-pyrrole nitrogens is 1. The lowest BCUT2D eigenvalue weighted by atomic mass is 10.00. The van der Waals surface area contributed by atoms with E-state index in [-0.39, 0.29) is 11.8 Å². The Kier molecular flexibility index (Phi) is 3.14. The van der Waals surface area contributed by atoms with Crippen molar-refractivity contribution in [1.29, 1.82) is 0 Å². The molecule has 1 atom stereocenters. The summed E-state index contributed by atoms with van der Waals surface area (Å²) in [6, 6.07) is 5.94. The Morgan fingerprint density at radius 1 is 1.33 bits per heavy atom. The van der Waals surface area contributed by atoms with Gasteiger partial charge in [0.05, 0.1) is 17.8 Å². The Balaban J connectivity index is 2.47. The molecule has 1 aromatic carbocycles. The third kappa shape index (κ3) is 1.97. The summed E-state index contributed by atoms with van der Waals surface area (Å²) in [6.45, 7) is 3.77. The molecule has 3 rings (SSSR count). The molecule has 2 heterocycles. The number of fused-ring (bicyclic) bond motifs is 3. The molecule has 0 aliphatic heterocycles. The van der Waals surface area contributed by atoms with E-state index in [2.05, 4.69) is 9.97 Å². The van der Waals surface area contributed by atoms with E-state index in [1.807, 2.05) is 25.1 Å². The predicted octanol–water partition coefficient (Wildman–Crippen LogP) is 3.43. The standard InChI is InChI=1S/C16H16N2O3/c1-8-13-12(7-17-15(8)16(19)20)18-11-6-4-5-10(14(11)13)9(2)21-3/h4-7,9,18H,1-3H3,(H,19,20). The van der Waals surface area contributed by atoms with Gasteiger partial charge in [0.2, 0.25) is 0 Å². The topological polar surface area (TPSA) is 75.2 Å². The van der Waals surface area contributed by atoms with Gasteiger partial charge >= 0.3 is 5.97 Å². The third-order valence-corrected chi connectivity index (χ3v) is 3.93. The zero-order chi connectivity index (χ0) is 15.1. The van der Waals surface area contributed by atoms with Crippen LogP contribution in [0.4, 0.5) is 0 Å². The summed E-state index contributed by atoms with van der Waals surface area (Å²) in [5.41, 5.74) is 3.58. The Bertz CT molecular complexity index is 851. The molecule has 0 fully saturated rings. The van der Waals surface area contributed by atoms with E-state index in [1.165, 1.54) is 0 Å². The fourth-order valence-electron chi connectivity index (χ4n) is 2.81. The summed E-state index contributed by atoms with van der Waals surface area (Å²) in [7, 11) is 1.66. The van der Waals surface area contributed by atoms with Crippen molar-refractivity contribution in [3.8, 4) is 0 Å². The van der Waals surface area contributed by atoms with Crippen LogP contribution in [0.25, 0.3) is 21.8 Å². The summed E-state index contributed by atoms with van der Waals surface area (Å²) in [4.78, 5) is 18.6. The monoisotopic (exact) mass is 284 g/mol. The average Bonchev–Trinajstić information content (AvgIpc) is 2.85. The Labute approximate surface area is 121 Å². The zero-order valence-corrected chi connectivity index (χ0v) is 12.1. The van der Waals surface area contributed by atoms with Gasteiger partial charge in [-0.3, -0.25) is 0 Å². The van der Waals surface area contributed by atoms with Gasteiger partial charge < -0.3 is 14.8 Å². The molecule has 2 N–H and O–H groups in total. The van der Waals surface area contributed by atoms with Crippen LogP contribution in [0, 0.1) is 6.92 Å². The molecule has 21 heavy (non-hydrogen) atoms. The van der Waals surface area contributed by atoms with Crippen LogP contribution < -0.4 is 0 Å². The highest BCUT2D eigenvalue weighted by Crippen LogP contribution is 2.34. The quantitative estimate of drug-likeness (QED) is 0.772. The summed E-state index contributed by atoms with van der Waals surface area (Å²) in [6.07, 6.45) is 1.50. The molecule has 2 aromatic heterocycles. The maximum atomic E-state index is 11.3. The number of aromatic amines is 1. The Morgan fingerprint density at radius 2 is 2.10 bits per heavy atom. The average molecular weight is 284 g/mol. The van der Waals surface area contributed by atoms with E-state index in [9.17, 15) is 9.90 Å². The number of hydrogen-bond donors (Lipinski definition) is 2. The molecule has 1 unspecified atom stereocenters. The minimum Gasteiger partial charge on any atom is -0.477 e. The Morgan fingerprint density at radius 3 is 2.76 bits per heavy atom. The van der Waals surface area contributed by atoms with Gasteiger partial charge in [-0.15, -0.1) is 0 Å². The molecule has 0 aliphatic rings. The molecule has 108 valence electrons. The minimum absolute atomic E-state index is 0.0754. The minimum atomic E-state index is -1.01. The molecular weight excluding hydrogens is 268 g/mol. The molecule has 5 heteroatoms. The van der Waals surface area contributed by atoms with Gasteiger partial charge in [-0.05, 0) is 31.0 Å². The van der Waals surface area contributed by atoms with Crippen molar-refractivity contribution < 1.29 is 14.6 Å². The van der Waals surface area contributed by atoms with E-state index < -0.39 is 5.97 Å². The number of benzene rings is 1. The number of nitrogens with one attached hydrogen (secondary N) is 1. The van der Waals surface area contributed by atoms with Crippen LogP contribution in [-0.2, 0) is 4.74 Å². The number of methoxy groups -OCH3 is 1. The number of hydrogen-bond acceptors (Lipinski definition) is 3. The molecule has 0 radical (unpaired) electrons. The first-order valence-corrected chi connectivity index (χ1v) is 6.70. The number of carbonyl (C=O) groups is 1. The largest absolute Gasteiger partial charge is 0.477 e. The predicted molar refractivity (Wildman–Crippen MR) is 80.7 cm³/mol. The van der Waals surface area contributed by atoms with Crippen molar-refractivity contribution >= 4 is 27.8 Å². The molecule has 0 bridgehead atoms. The SMILES string of the molecule is COC(C)c1cccc2[nH]c3cnc(C(=O)O)c(C)c3c12. The van der Waals surface area contributed by atoms with Crippen molar-refractivity contribution in [1.82, 2.24) is 9.97 Å². The van der Waals surface area contributed by atoms with Gasteiger partial charge in [-0.2, -0.15) is 0 Å². The van der Waals surface area contributed by atoms with Crippen molar-refractivity contribution in [2.75, 3.05) is 7.11 Å². The lowest BCUT2D eigenvalue weighted by Gasteiger charge is -2.12. The van der Waals surface area contributed by atoms with Crippen molar-refractivity contribution in [2.45, 2.75) is 20.0 Å². The lowest BCUT2D eigenvalue weighted by molar-refractivity contribution is 0.0690. The van der Waals surface area contributed by atoms with Crippen molar-refractivity contribution in [3.05, 3.63) is 41.2 Å². The van der Waals surface area contributed by atoms with Crippen LogP contribution in [-0.4, -0.2) is 28.2 Å². The molecule has 0 aliphatic carbocycles. The fourth-order valence-corrected chi connectivity index (χ4v) is 2.81. The summed E-state index contributed by atoms with van der Waals surface area (Å²) in [5.74, 6) is -1.01. The first-order chi connectivity index (χ1) is 10.0. The van der Waals surface area contributed by atoms with Gasteiger partial charge in [0.1, 0.15) is 0 Å². The van der Waals surface area contributed by atoms with E-state index in [0.717, 1.165) is 27.4 Å². The molecule has 0 amide bonds. The first kappa shape index (κ1) is 13.6. The number of ether oxygens (including phenoxy) is 1. The van der Waals surface area contributed by atoms with Gasteiger partial charge in [0, 0.05) is 23.4 Å². The third-order valence-electron chi connectivity index (χ3n) is 3.93. The van der Waals surface area contributed by atoms with Crippen LogP contribution in [0.2, 0.25) is 0 Å². The zero-order valence-electron chi connectivity index (χ0n) is 12.1. The van der Waals surface area contributed by atoms with Gasteiger partial charge in [-0.1, -0.05) is 12.1 Å². The van der Waals surface area contributed by atoms with Gasteiger partial charge in [0.15, 0.2) is 5.69 Å². The normalized spacial score (nSPS) is 12.9. The number of aryl methyl sites for hydroxylation is 1. The first-order valence-electron chi connectivity index (χ1n) is 6.70. The van der Waals surface area contributed by atoms with E-state index in [0.29, 0.717) is 5.56 Å². The molecule has 0 saturated heterocycles. The number of carboxylic acids is 1. The summed E-state index contributed by atoms with van der Waals surface area (Å²) in [5, 5.41) is 11.2. The highest BCUT2D eigenvalue weighted by Gasteiger charge is 2.18. The maximum Gasteiger partial charge on any atom is 0.354 e. The Hall–Kier alpha value is -2.40. The van der Waals surface area contributed by atoms with Crippen LogP contribution >= 0.6 is 0 Å². The van der Waals surface area contributed by atoms with Crippen molar-refractivity contribution in [2.24, 2.45) is 0 Å². The number of aromatic nitrogens is 2. The van der Waals surface area contributed by atoms with E-state index in [4.69, 9.17) is 4.74 Å². The number of rotatable bonds is 3. The number of aromatic carboxylic acids is 1. The number of carboxylic acid groups (broad SMARTS) is 1. The molecular formula is C16H16N2O3. The highest BCUT2D eigenvalue weighted by molar-refractivity contribution is 6.12. The fraction of sp³-hybridized carbons (Fsp3) is 0.250. The van der Waals surface area contributed by atoms with E-state index in [1.54, 1.807) is 20.2 Å². The van der Waals surface area contributed by atoms with Crippen LogP contribution in [0.3, 0.4) is 0 Å². The molecule has 0 spiro atoms. The van der Waals surface area contributed by atoms with Gasteiger partial charge in [0.25, 0.3) is 0 Å². The summed E-state index contributed by atoms with van der Waals surface area (Å²) >= 11 is 0. The summed E-state index contributed by atoms with van der Waals surface area (Å²) < 4.78 is 5.43. The van der Waals surface area contributed by atoms with Crippen LogP contribution in [0.1, 0.15) is 34.6 Å². The maximum absolute atomic E-state index is 11.3. The molecule has 5 nitrogen and oxygen atoms in total.